The first-order valence-electron chi connectivity index (χ1n) is 12.9. The smallest absolute Gasteiger partial charge is 0.260 e. The highest BCUT2D eigenvalue weighted by atomic mass is 32.2. The number of hydrogen-bond donors (Lipinski definition) is 0. The molecular formula is C27H35FN4O3S2. The summed E-state index contributed by atoms with van der Waals surface area (Å²) in [6.45, 7) is 6.91. The number of sulfonamides is 1. The zero-order chi connectivity index (χ0) is 26.6. The quantitative estimate of drug-likeness (QED) is 0.342. The summed E-state index contributed by atoms with van der Waals surface area (Å²) in [5.74, 6) is -0.616. The van der Waals surface area contributed by atoms with Crippen LogP contribution in [0.2, 0.25) is 0 Å². The predicted molar refractivity (Wildman–Crippen MR) is 147 cm³/mol. The third kappa shape index (κ3) is 6.19. The number of halogens is 1. The minimum absolute atomic E-state index is 0.0134. The molecule has 2 aromatic carbocycles. The van der Waals surface area contributed by atoms with E-state index in [1.165, 1.54) is 39.9 Å². The van der Waals surface area contributed by atoms with Gasteiger partial charge in [-0.05, 0) is 68.4 Å². The van der Waals surface area contributed by atoms with E-state index in [0.717, 1.165) is 45.2 Å². The fraction of sp³-hybridized carbons (Fsp3) is 0.481. The van der Waals surface area contributed by atoms with Crippen LogP contribution in [0.1, 0.15) is 56.3 Å². The summed E-state index contributed by atoms with van der Waals surface area (Å²) < 4.78 is 42.4. The molecule has 1 fully saturated rings. The van der Waals surface area contributed by atoms with Crippen LogP contribution in [0.3, 0.4) is 0 Å². The van der Waals surface area contributed by atoms with Crippen LogP contribution in [0, 0.1) is 5.82 Å². The van der Waals surface area contributed by atoms with E-state index in [4.69, 9.17) is 0 Å². The number of likely N-dealkylation sites (N-methyl/N-ethyl adjacent to an activating group) is 1. The van der Waals surface area contributed by atoms with E-state index in [0.29, 0.717) is 34.0 Å². The molecule has 4 rings (SSSR count). The topological polar surface area (TPSA) is 73.8 Å². The molecule has 200 valence electrons. The van der Waals surface area contributed by atoms with Gasteiger partial charge in [-0.3, -0.25) is 9.69 Å². The summed E-state index contributed by atoms with van der Waals surface area (Å²) in [6, 6.07) is 10.6. The van der Waals surface area contributed by atoms with Crippen LogP contribution in [0.4, 0.5) is 9.52 Å². The molecule has 0 bridgehead atoms. The van der Waals surface area contributed by atoms with E-state index in [1.807, 2.05) is 0 Å². The number of thiazole rings is 1. The van der Waals surface area contributed by atoms with E-state index >= 15 is 0 Å². The van der Waals surface area contributed by atoms with Gasteiger partial charge in [0.05, 0.1) is 15.1 Å². The fourth-order valence-electron chi connectivity index (χ4n) is 4.80. The number of aromatic nitrogens is 1. The molecule has 10 heteroatoms. The van der Waals surface area contributed by atoms with Crippen molar-refractivity contribution in [2.75, 3.05) is 38.1 Å². The SMILES string of the molecule is CCN(CC)CCN(C(=O)c1ccc(S(=O)(=O)N(C)C2CCCCC2)cc1)c1nc2ccc(F)cc2s1. The summed E-state index contributed by atoms with van der Waals surface area (Å²) in [6.07, 6.45) is 4.98. The van der Waals surface area contributed by atoms with E-state index in [1.54, 1.807) is 30.1 Å². The highest BCUT2D eigenvalue weighted by Crippen LogP contribution is 2.31. The molecule has 1 aliphatic carbocycles. The van der Waals surface area contributed by atoms with Gasteiger partial charge in [0.25, 0.3) is 5.91 Å². The Labute approximate surface area is 223 Å². The lowest BCUT2D eigenvalue weighted by Crippen LogP contribution is -2.39. The van der Waals surface area contributed by atoms with E-state index in [9.17, 15) is 17.6 Å². The number of amides is 1. The van der Waals surface area contributed by atoms with Gasteiger partial charge in [0.1, 0.15) is 5.82 Å². The van der Waals surface area contributed by atoms with Crippen molar-refractivity contribution in [2.45, 2.75) is 56.9 Å². The van der Waals surface area contributed by atoms with Crippen molar-refractivity contribution in [3.63, 3.8) is 0 Å². The normalized spacial score (nSPS) is 15.1. The molecule has 0 saturated heterocycles. The lowest BCUT2D eigenvalue weighted by Gasteiger charge is -2.30. The van der Waals surface area contributed by atoms with Gasteiger partial charge in [-0.2, -0.15) is 4.31 Å². The van der Waals surface area contributed by atoms with Gasteiger partial charge in [0.2, 0.25) is 10.0 Å². The van der Waals surface area contributed by atoms with Gasteiger partial charge in [-0.25, -0.2) is 17.8 Å². The molecular weight excluding hydrogens is 511 g/mol. The van der Waals surface area contributed by atoms with Crippen molar-refractivity contribution in [1.29, 1.82) is 0 Å². The third-order valence-electron chi connectivity index (χ3n) is 7.22. The van der Waals surface area contributed by atoms with Gasteiger partial charge in [0.15, 0.2) is 5.13 Å². The highest BCUT2D eigenvalue weighted by molar-refractivity contribution is 7.89. The molecule has 1 heterocycles. The number of rotatable bonds is 10. The molecule has 7 nitrogen and oxygen atoms in total. The molecule has 37 heavy (non-hydrogen) atoms. The first-order chi connectivity index (χ1) is 17.7. The number of benzene rings is 2. The largest absolute Gasteiger partial charge is 0.302 e. The molecule has 0 N–H and O–H groups in total. The number of anilines is 1. The van der Waals surface area contributed by atoms with Crippen LogP contribution < -0.4 is 4.90 Å². The molecule has 1 aromatic heterocycles. The summed E-state index contributed by atoms with van der Waals surface area (Å²) in [5, 5.41) is 0.492. The van der Waals surface area contributed by atoms with Crippen molar-refractivity contribution in [3.05, 3.63) is 53.8 Å². The van der Waals surface area contributed by atoms with E-state index in [-0.39, 0.29) is 22.7 Å². The van der Waals surface area contributed by atoms with E-state index < -0.39 is 10.0 Å². The van der Waals surface area contributed by atoms with Crippen LogP contribution >= 0.6 is 11.3 Å². The zero-order valence-corrected chi connectivity index (χ0v) is 23.3. The number of carbonyl (C=O) groups excluding carboxylic acids is 1. The number of fused-ring (bicyclic) bond motifs is 1. The number of hydrogen-bond acceptors (Lipinski definition) is 6. The maximum absolute atomic E-state index is 13.8. The zero-order valence-electron chi connectivity index (χ0n) is 21.7. The van der Waals surface area contributed by atoms with Gasteiger partial charge in [0, 0.05) is 31.7 Å². The standard InChI is InChI=1S/C27H35FN4O3S2/c1-4-31(5-2)17-18-32(27-29-24-16-13-21(28)19-25(24)36-27)26(33)20-11-14-23(15-12-20)37(34,35)30(3)22-9-7-6-8-10-22/h11-16,19,22H,4-10,17-18H2,1-3H3. The highest BCUT2D eigenvalue weighted by Gasteiger charge is 2.29. The summed E-state index contributed by atoms with van der Waals surface area (Å²) in [4.78, 5) is 22.3. The van der Waals surface area contributed by atoms with Crippen molar-refractivity contribution in [3.8, 4) is 0 Å². The lowest BCUT2D eigenvalue weighted by atomic mass is 9.96. The van der Waals surface area contributed by atoms with Gasteiger partial charge in [-0.1, -0.05) is 44.4 Å². The van der Waals surface area contributed by atoms with Crippen LogP contribution in [-0.2, 0) is 10.0 Å². The third-order valence-corrected chi connectivity index (χ3v) is 10.2. The van der Waals surface area contributed by atoms with E-state index in [2.05, 4.69) is 23.7 Å². The second-order valence-electron chi connectivity index (χ2n) is 9.43. The maximum atomic E-state index is 13.8. The second kappa shape index (κ2) is 12.0. The molecule has 3 aromatic rings. The molecule has 1 saturated carbocycles. The predicted octanol–water partition coefficient (Wildman–Crippen LogP) is 5.38. The Hall–Kier alpha value is -2.40. The Morgan fingerprint density at radius 1 is 1.03 bits per heavy atom. The van der Waals surface area contributed by atoms with Crippen molar-refractivity contribution in [2.24, 2.45) is 0 Å². The van der Waals surface area contributed by atoms with Crippen LogP contribution in [0.15, 0.2) is 47.4 Å². The molecule has 0 atom stereocenters. The number of carbonyl (C=O) groups is 1. The first kappa shape index (κ1) is 27.6. The summed E-state index contributed by atoms with van der Waals surface area (Å²) in [7, 11) is -2.00. The van der Waals surface area contributed by atoms with Crippen molar-refractivity contribution < 1.29 is 17.6 Å². The summed E-state index contributed by atoms with van der Waals surface area (Å²) >= 11 is 1.27. The van der Waals surface area contributed by atoms with Crippen molar-refractivity contribution in [1.82, 2.24) is 14.2 Å². The average Bonchev–Trinajstić information content (AvgIpc) is 3.33. The molecule has 0 aliphatic heterocycles. The van der Waals surface area contributed by atoms with Crippen LogP contribution in [0.5, 0.6) is 0 Å². The minimum Gasteiger partial charge on any atom is -0.302 e. The van der Waals surface area contributed by atoms with Gasteiger partial charge >= 0.3 is 0 Å². The van der Waals surface area contributed by atoms with Crippen LogP contribution in [0.25, 0.3) is 10.2 Å². The second-order valence-corrected chi connectivity index (χ2v) is 12.4. The lowest BCUT2D eigenvalue weighted by molar-refractivity contribution is 0.0983. The Morgan fingerprint density at radius 3 is 2.35 bits per heavy atom. The Bertz CT molecular complexity index is 1320. The first-order valence-corrected chi connectivity index (χ1v) is 15.2. The minimum atomic E-state index is -3.65. The monoisotopic (exact) mass is 546 g/mol. The average molecular weight is 547 g/mol. The molecule has 0 radical (unpaired) electrons. The fourth-order valence-corrected chi connectivity index (χ4v) is 7.23. The van der Waals surface area contributed by atoms with Gasteiger partial charge in [-0.15, -0.1) is 0 Å². The molecule has 1 aliphatic rings. The maximum Gasteiger partial charge on any atom is 0.260 e. The summed E-state index contributed by atoms with van der Waals surface area (Å²) in [5.41, 5.74) is 1.01. The van der Waals surface area contributed by atoms with Gasteiger partial charge < -0.3 is 4.90 Å². The van der Waals surface area contributed by atoms with Crippen LogP contribution in [-0.4, -0.2) is 67.8 Å². The molecule has 0 unspecified atom stereocenters. The number of nitrogens with zero attached hydrogens (tertiary/aromatic N) is 4. The molecule has 0 spiro atoms. The Balaban J connectivity index is 1.59. The van der Waals surface area contributed by atoms with Crippen molar-refractivity contribution >= 4 is 42.6 Å². The Morgan fingerprint density at radius 2 is 1.70 bits per heavy atom. The molecule has 1 amide bonds. The Kier molecular flexibility index (Phi) is 8.94.